The Labute approximate surface area is 118 Å². The Morgan fingerprint density at radius 3 is 2.90 bits per heavy atom. The zero-order valence-corrected chi connectivity index (χ0v) is 11.8. The van der Waals surface area contributed by atoms with Crippen LogP contribution in [0.2, 0.25) is 0 Å². The molecule has 1 fully saturated rings. The van der Waals surface area contributed by atoms with Gasteiger partial charge in [0.2, 0.25) is 11.8 Å². The molecule has 2 unspecified atom stereocenters. The molecule has 2 N–H and O–H groups in total. The number of likely N-dealkylation sites (tertiary alicyclic amines) is 1. The van der Waals surface area contributed by atoms with Crippen molar-refractivity contribution in [1.29, 1.82) is 0 Å². The van der Waals surface area contributed by atoms with Crippen molar-refractivity contribution in [2.45, 2.75) is 26.3 Å². The van der Waals surface area contributed by atoms with Crippen LogP contribution in [0.3, 0.4) is 0 Å². The summed E-state index contributed by atoms with van der Waals surface area (Å²) in [6.45, 7) is 4.88. The molecule has 108 valence electrons. The van der Waals surface area contributed by atoms with Crippen molar-refractivity contribution in [3.05, 3.63) is 29.8 Å². The molecule has 1 aliphatic rings. The summed E-state index contributed by atoms with van der Waals surface area (Å²) in [5, 5.41) is 0. The summed E-state index contributed by atoms with van der Waals surface area (Å²) in [5.41, 5.74) is 6.28. The first kappa shape index (κ1) is 14.4. The molecule has 5 heteroatoms. The molecule has 0 saturated carbocycles. The van der Waals surface area contributed by atoms with Crippen molar-refractivity contribution in [2.24, 2.45) is 11.7 Å². The highest BCUT2D eigenvalue weighted by Gasteiger charge is 2.35. The van der Waals surface area contributed by atoms with E-state index in [1.807, 2.05) is 38.1 Å². The first-order chi connectivity index (χ1) is 9.52. The highest BCUT2D eigenvalue weighted by atomic mass is 16.5. The van der Waals surface area contributed by atoms with Crippen LogP contribution in [0.5, 0.6) is 5.75 Å². The number of carbonyl (C=O) groups is 2. The van der Waals surface area contributed by atoms with Crippen LogP contribution in [0.4, 0.5) is 0 Å². The molecule has 1 saturated heterocycles. The van der Waals surface area contributed by atoms with Crippen LogP contribution in [0, 0.1) is 5.92 Å². The maximum atomic E-state index is 12.0. The van der Waals surface area contributed by atoms with E-state index in [4.69, 9.17) is 10.5 Å². The van der Waals surface area contributed by atoms with Gasteiger partial charge in [0, 0.05) is 13.0 Å². The number of nitrogens with two attached hydrogens (primary N) is 1. The molecule has 0 aromatic heterocycles. The predicted octanol–water partition coefficient (Wildman–Crippen LogP) is 1.48. The van der Waals surface area contributed by atoms with Gasteiger partial charge >= 0.3 is 0 Å². The first-order valence-electron chi connectivity index (χ1n) is 6.84. The fourth-order valence-electron chi connectivity index (χ4n) is 2.51. The molecule has 0 spiro atoms. The minimum Gasteiger partial charge on any atom is -0.494 e. The van der Waals surface area contributed by atoms with Crippen LogP contribution < -0.4 is 10.5 Å². The molecule has 1 aromatic carbocycles. The lowest BCUT2D eigenvalue weighted by atomic mass is 10.1. The van der Waals surface area contributed by atoms with Crippen LogP contribution in [0.1, 0.15) is 31.9 Å². The Balaban J connectivity index is 2.15. The van der Waals surface area contributed by atoms with Gasteiger partial charge in [0.25, 0.3) is 0 Å². The predicted molar refractivity (Wildman–Crippen MR) is 75.0 cm³/mol. The van der Waals surface area contributed by atoms with E-state index in [-0.39, 0.29) is 24.3 Å². The lowest BCUT2D eigenvalue weighted by Crippen LogP contribution is -2.30. The minimum atomic E-state index is -0.406. The van der Waals surface area contributed by atoms with Gasteiger partial charge in [-0.15, -0.1) is 0 Å². The normalized spacial score (nSPS) is 20.0. The number of nitrogens with zero attached hydrogens (tertiary/aromatic N) is 1. The van der Waals surface area contributed by atoms with Gasteiger partial charge in [0.15, 0.2) is 0 Å². The molecule has 0 radical (unpaired) electrons. The molecule has 5 nitrogen and oxygen atoms in total. The Morgan fingerprint density at radius 2 is 2.30 bits per heavy atom. The van der Waals surface area contributed by atoms with E-state index in [0.29, 0.717) is 13.2 Å². The summed E-state index contributed by atoms with van der Waals surface area (Å²) in [6.07, 6.45) is 0.213. The summed E-state index contributed by atoms with van der Waals surface area (Å²) in [5.74, 6) is -0.0193. The molecule has 0 bridgehead atoms. The smallest absolute Gasteiger partial charge is 0.223 e. The lowest BCUT2D eigenvalue weighted by Gasteiger charge is -2.25. The van der Waals surface area contributed by atoms with Crippen LogP contribution in [0.15, 0.2) is 24.3 Å². The molecule has 1 aliphatic heterocycles. The minimum absolute atomic E-state index is 0.0249. The molecule has 2 rings (SSSR count). The van der Waals surface area contributed by atoms with Gasteiger partial charge in [-0.1, -0.05) is 12.1 Å². The lowest BCUT2D eigenvalue weighted by molar-refractivity contribution is -0.130. The summed E-state index contributed by atoms with van der Waals surface area (Å²) in [7, 11) is 0. The maximum Gasteiger partial charge on any atom is 0.223 e. The summed E-state index contributed by atoms with van der Waals surface area (Å²) in [4.78, 5) is 24.9. The second-order valence-corrected chi connectivity index (χ2v) is 5.03. The fraction of sp³-hybridized carbons (Fsp3) is 0.467. The Kier molecular flexibility index (Phi) is 4.27. The van der Waals surface area contributed by atoms with E-state index in [0.717, 1.165) is 11.3 Å². The van der Waals surface area contributed by atoms with E-state index >= 15 is 0 Å². The molecule has 20 heavy (non-hydrogen) atoms. The van der Waals surface area contributed by atoms with Gasteiger partial charge in [-0.25, -0.2) is 0 Å². The van der Waals surface area contributed by atoms with Gasteiger partial charge in [-0.05, 0) is 31.5 Å². The third kappa shape index (κ3) is 2.92. The van der Waals surface area contributed by atoms with Crippen molar-refractivity contribution < 1.29 is 14.3 Å². The van der Waals surface area contributed by atoms with Crippen molar-refractivity contribution in [2.75, 3.05) is 13.2 Å². The van der Waals surface area contributed by atoms with E-state index in [1.165, 1.54) is 0 Å². The molecule has 2 atom stereocenters. The molecular formula is C15H20N2O3. The summed E-state index contributed by atoms with van der Waals surface area (Å²) in [6, 6.07) is 7.59. The SMILES string of the molecule is CCOc1cccc(C(C)N2CC(C(N)=O)CC2=O)c1. The van der Waals surface area contributed by atoms with Gasteiger partial charge in [0.05, 0.1) is 18.6 Å². The Hall–Kier alpha value is -2.04. The number of ether oxygens (including phenoxy) is 1. The summed E-state index contributed by atoms with van der Waals surface area (Å²) >= 11 is 0. The quantitative estimate of drug-likeness (QED) is 0.885. The molecule has 0 aliphatic carbocycles. The van der Waals surface area contributed by atoms with Crippen molar-refractivity contribution in [3.63, 3.8) is 0 Å². The number of carbonyl (C=O) groups excluding carboxylic acids is 2. The number of hydrogen-bond acceptors (Lipinski definition) is 3. The molecule has 1 heterocycles. The van der Waals surface area contributed by atoms with Gasteiger partial charge in [-0.3, -0.25) is 9.59 Å². The number of rotatable bonds is 5. The van der Waals surface area contributed by atoms with Crippen molar-refractivity contribution >= 4 is 11.8 Å². The number of amides is 2. The van der Waals surface area contributed by atoms with Crippen LogP contribution in [0.25, 0.3) is 0 Å². The van der Waals surface area contributed by atoms with Crippen molar-refractivity contribution in [1.82, 2.24) is 4.90 Å². The van der Waals surface area contributed by atoms with Crippen LogP contribution in [-0.2, 0) is 9.59 Å². The molecular weight excluding hydrogens is 256 g/mol. The van der Waals surface area contributed by atoms with Gasteiger partial charge in [0.1, 0.15) is 5.75 Å². The number of hydrogen-bond donors (Lipinski definition) is 1. The van der Waals surface area contributed by atoms with Gasteiger partial charge in [-0.2, -0.15) is 0 Å². The van der Waals surface area contributed by atoms with Gasteiger partial charge < -0.3 is 15.4 Å². The summed E-state index contributed by atoms with van der Waals surface area (Å²) < 4.78 is 5.47. The Bertz CT molecular complexity index is 516. The third-order valence-electron chi connectivity index (χ3n) is 3.68. The average molecular weight is 276 g/mol. The maximum absolute atomic E-state index is 12.0. The molecule has 1 aromatic rings. The second kappa shape index (κ2) is 5.94. The Morgan fingerprint density at radius 1 is 1.55 bits per heavy atom. The standard InChI is InChI=1S/C15H20N2O3/c1-3-20-13-6-4-5-11(7-13)10(2)17-9-12(15(16)19)8-14(17)18/h4-7,10,12H,3,8-9H2,1-2H3,(H2,16,19). The van der Waals surface area contributed by atoms with E-state index in [9.17, 15) is 9.59 Å². The van der Waals surface area contributed by atoms with E-state index in [1.54, 1.807) is 4.90 Å². The van der Waals surface area contributed by atoms with Crippen molar-refractivity contribution in [3.8, 4) is 5.75 Å². The highest BCUT2D eigenvalue weighted by Crippen LogP contribution is 2.29. The number of benzene rings is 1. The fourth-order valence-corrected chi connectivity index (χ4v) is 2.51. The zero-order valence-electron chi connectivity index (χ0n) is 11.8. The molecule has 2 amide bonds. The average Bonchev–Trinajstić information content (AvgIpc) is 2.81. The highest BCUT2D eigenvalue weighted by molar-refractivity contribution is 5.88. The van der Waals surface area contributed by atoms with Crippen LogP contribution in [-0.4, -0.2) is 29.9 Å². The monoisotopic (exact) mass is 276 g/mol. The largest absolute Gasteiger partial charge is 0.494 e. The van der Waals surface area contributed by atoms with E-state index in [2.05, 4.69) is 0 Å². The van der Waals surface area contributed by atoms with Crippen LogP contribution >= 0.6 is 0 Å². The second-order valence-electron chi connectivity index (χ2n) is 5.03. The number of primary amides is 1. The first-order valence-corrected chi connectivity index (χ1v) is 6.84. The third-order valence-corrected chi connectivity index (χ3v) is 3.68. The van der Waals surface area contributed by atoms with E-state index < -0.39 is 5.91 Å². The zero-order chi connectivity index (χ0) is 14.7. The topological polar surface area (TPSA) is 72.6 Å².